The average Bonchev–Trinajstić information content (AvgIpc) is 2.59. The maximum atomic E-state index is 12.4. The van der Waals surface area contributed by atoms with E-state index in [0.717, 1.165) is 56.9 Å². The Morgan fingerprint density at radius 3 is 2.62 bits per heavy atom. The van der Waals surface area contributed by atoms with Crippen LogP contribution in [0.15, 0.2) is 0 Å². The van der Waals surface area contributed by atoms with Crippen molar-refractivity contribution >= 4 is 36.0 Å². The SMILES string of the molecule is CCCCCNC(=O)C1CCN(C(=O)CC2CSCCN2)CC1.Cl. The molecule has 2 rings (SSSR count). The molecule has 2 saturated heterocycles. The molecule has 2 aliphatic heterocycles. The van der Waals surface area contributed by atoms with Crippen LogP contribution in [0.5, 0.6) is 0 Å². The predicted octanol–water partition coefficient (Wildman–Crippen LogP) is 2.05. The molecule has 7 heteroatoms. The van der Waals surface area contributed by atoms with Crippen molar-refractivity contribution in [2.45, 2.75) is 51.5 Å². The summed E-state index contributed by atoms with van der Waals surface area (Å²) >= 11 is 1.92. The highest BCUT2D eigenvalue weighted by atomic mass is 35.5. The Labute approximate surface area is 156 Å². The molecule has 0 aromatic carbocycles. The summed E-state index contributed by atoms with van der Waals surface area (Å²) in [4.78, 5) is 26.4. The van der Waals surface area contributed by atoms with Crippen LogP contribution in [0.2, 0.25) is 0 Å². The largest absolute Gasteiger partial charge is 0.356 e. The molecule has 2 fully saturated rings. The summed E-state index contributed by atoms with van der Waals surface area (Å²) in [6, 6.07) is 0.320. The van der Waals surface area contributed by atoms with Crippen LogP contribution in [0.25, 0.3) is 0 Å². The summed E-state index contributed by atoms with van der Waals surface area (Å²) in [7, 11) is 0. The quantitative estimate of drug-likeness (QED) is 0.666. The second-order valence-electron chi connectivity index (χ2n) is 6.58. The van der Waals surface area contributed by atoms with Crippen molar-refractivity contribution in [1.82, 2.24) is 15.5 Å². The van der Waals surface area contributed by atoms with Gasteiger partial charge in [0.05, 0.1) is 0 Å². The van der Waals surface area contributed by atoms with Crippen molar-refractivity contribution in [3.05, 3.63) is 0 Å². The normalized spacial score (nSPS) is 21.9. The molecule has 2 heterocycles. The number of nitrogens with zero attached hydrogens (tertiary/aromatic N) is 1. The van der Waals surface area contributed by atoms with Crippen molar-refractivity contribution in [1.29, 1.82) is 0 Å². The Kier molecular flexibility index (Phi) is 10.8. The van der Waals surface area contributed by atoms with E-state index >= 15 is 0 Å². The van der Waals surface area contributed by atoms with Crippen molar-refractivity contribution < 1.29 is 9.59 Å². The lowest BCUT2D eigenvalue weighted by atomic mass is 9.95. The summed E-state index contributed by atoms with van der Waals surface area (Å²) in [5.74, 6) is 2.68. The molecule has 140 valence electrons. The first kappa shape index (κ1) is 21.6. The third kappa shape index (κ3) is 7.19. The van der Waals surface area contributed by atoms with Gasteiger partial charge in [0.2, 0.25) is 11.8 Å². The number of thioether (sulfide) groups is 1. The Morgan fingerprint density at radius 1 is 1.25 bits per heavy atom. The maximum absolute atomic E-state index is 12.4. The average molecular weight is 378 g/mol. The second kappa shape index (κ2) is 12.0. The van der Waals surface area contributed by atoms with Gasteiger partial charge in [0, 0.05) is 56.1 Å². The lowest BCUT2D eigenvalue weighted by Crippen LogP contribution is -2.46. The van der Waals surface area contributed by atoms with Gasteiger partial charge in [0.1, 0.15) is 0 Å². The first-order valence-electron chi connectivity index (χ1n) is 9.07. The molecular weight excluding hydrogens is 346 g/mol. The number of halogens is 1. The van der Waals surface area contributed by atoms with E-state index in [9.17, 15) is 9.59 Å². The van der Waals surface area contributed by atoms with Gasteiger partial charge in [-0.15, -0.1) is 12.4 Å². The standard InChI is InChI=1S/C17H31N3O2S.ClH/c1-2-3-4-7-19-17(22)14-5-9-20(10-6-14)16(21)12-15-13-23-11-8-18-15;/h14-15,18H,2-13H2,1H3,(H,19,22);1H. The molecule has 0 saturated carbocycles. The molecular formula is C17H32ClN3O2S. The van der Waals surface area contributed by atoms with E-state index < -0.39 is 0 Å². The molecule has 0 bridgehead atoms. The number of carbonyl (C=O) groups is 2. The minimum absolute atomic E-state index is 0. The summed E-state index contributed by atoms with van der Waals surface area (Å²) in [6.07, 6.45) is 5.61. The zero-order valence-corrected chi connectivity index (χ0v) is 16.4. The van der Waals surface area contributed by atoms with Crippen LogP contribution in [0, 0.1) is 5.92 Å². The number of likely N-dealkylation sites (tertiary alicyclic amines) is 1. The van der Waals surface area contributed by atoms with E-state index in [-0.39, 0.29) is 30.1 Å². The Hall–Kier alpha value is -0.460. The molecule has 0 aromatic heterocycles. The first-order valence-corrected chi connectivity index (χ1v) is 10.2. The van der Waals surface area contributed by atoms with Crippen LogP contribution in [-0.2, 0) is 9.59 Å². The van der Waals surface area contributed by atoms with Gasteiger partial charge in [-0.2, -0.15) is 11.8 Å². The Balaban J connectivity index is 0.00000288. The van der Waals surface area contributed by atoms with Crippen LogP contribution < -0.4 is 10.6 Å². The number of amides is 2. The number of hydrogen-bond acceptors (Lipinski definition) is 4. The molecule has 0 spiro atoms. The third-order valence-corrected chi connectivity index (χ3v) is 5.85. The van der Waals surface area contributed by atoms with Gasteiger partial charge in [0.15, 0.2) is 0 Å². The fourth-order valence-corrected chi connectivity index (χ4v) is 4.16. The zero-order valence-electron chi connectivity index (χ0n) is 14.7. The fourth-order valence-electron chi connectivity index (χ4n) is 3.21. The molecule has 5 nitrogen and oxygen atoms in total. The van der Waals surface area contributed by atoms with E-state index in [0.29, 0.717) is 12.5 Å². The Bertz CT molecular complexity index is 384. The molecule has 2 amide bonds. The highest BCUT2D eigenvalue weighted by molar-refractivity contribution is 7.99. The molecule has 2 aliphatic rings. The van der Waals surface area contributed by atoms with Gasteiger partial charge >= 0.3 is 0 Å². The number of piperidine rings is 1. The number of unbranched alkanes of at least 4 members (excludes halogenated alkanes) is 2. The van der Waals surface area contributed by atoms with Gasteiger partial charge in [-0.05, 0) is 19.3 Å². The third-order valence-electron chi connectivity index (χ3n) is 4.72. The smallest absolute Gasteiger partial charge is 0.224 e. The van der Waals surface area contributed by atoms with Crippen molar-refractivity contribution in [2.75, 3.05) is 37.7 Å². The highest BCUT2D eigenvalue weighted by Crippen LogP contribution is 2.19. The summed E-state index contributed by atoms with van der Waals surface area (Å²) in [5.41, 5.74) is 0. The second-order valence-corrected chi connectivity index (χ2v) is 7.73. The van der Waals surface area contributed by atoms with Crippen molar-refractivity contribution in [3.63, 3.8) is 0 Å². The number of rotatable bonds is 7. The van der Waals surface area contributed by atoms with Gasteiger partial charge in [-0.3, -0.25) is 9.59 Å². The summed E-state index contributed by atoms with van der Waals surface area (Å²) < 4.78 is 0. The van der Waals surface area contributed by atoms with Crippen molar-refractivity contribution in [2.24, 2.45) is 5.92 Å². The Morgan fingerprint density at radius 2 is 2.00 bits per heavy atom. The van der Waals surface area contributed by atoms with Gasteiger partial charge in [0.25, 0.3) is 0 Å². The number of carbonyl (C=O) groups excluding carboxylic acids is 2. The van der Waals surface area contributed by atoms with Crippen molar-refractivity contribution in [3.8, 4) is 0 Å². The van der Waals surface area contributed by atoms with E-state index in [1.165, 1.54) is 12.8 Å². The van der Waals surface area contributed by atoms with Gasteiger partial charge in [-0.1, -0.05) is 19.8 Å². The van der Waals surface area contributed by atoms with E-state index in [1.54, 1.807) is 0 Å². The highest BCUT2D eigenvalue weighted by Gasteiger charge is 2.28. The zero-order chi connectivity index (χ0) is 16.5. The predicted molar refractivity (Wildman–Crippen MR) is 103 cm³/mol. The van der Waals surface area contributed by atoms with E-state index in [4.69, 9.17) is 0 Å². The lowest BCUT2D eigenvalue weighted by Gasteiger charge is -2.33. The van der Waals surface area contributed by atoms with E-state index in [2.05, 4.69) is 17.6 Å². The van der Waals surface area contributed by atoms with Crippen LogP contribution in [0.3, 0.4) is 0 Å². The van der Waals surface area contributed by atoms with Crippen LogP contribution in [0.1, 0.15) is 45.4 Å². The lowest BCUT2D eigenvalue weighted by molar-refractivity contribution is -0.136. The fraction of sp³-hybridized carbons (Fsp3) is 0.882. The topological polar surface area (TPSA) is 61.4 Å². The maximum Gasteiger partial charge on any atom is 0.224 e. The molecule has 0 radical (unpaired) electrons. The minimum atomic E-state index is 0. The van der Waals surface area contributed by atoms with Gasteiger partial charge < -0.3 is 15.5 Å². The number of nitrogens with one attached hydrogen (secondary N) is 2. The summed E-state index contributed by atoms with van der Waals surface area (Å²) in [5, 5.41) is 6.46. The first-order chi connectivity index (χ1) is 11.2. The van der Waals surface area contributed by atoms with E-state index in [1.807, 2.05) is 16.7 Å². The minimum Gasteiger partial charge on any atom is -0.356 e. The monoisotopic (exact) mass is 377 g/mol. The number of hydrogen-bond donors (Lipinski definition) is 2. The molecule has 1 unspecified atom stereocenters. The van der Waals surface area contributed by atoms with Crippen LogP contribution >= 0.6 is 24.2 Å². The molecule has 0 aliphatic carbocycles. The summed E-state index contributed by atoms with van der Waals surface area (Å²) in [6.45, 7) is 5.41. The van der Waals surface area contributed by atoms with Crippen LogP contribution in [-0.4, -0.2) is 60.4 Å². The molecule has 1 atom stereocenters. The van der Waals surface area contributed by atoms with Gasteiger partial charge in [-0.25, -0.2) is 0 Å². The molecule has 24 heavy (non-hydrogen) atoms. The molecule has 0 aromatic rings. The molecule has 2 N–H and O–H groups in total. The van der Waals surface area contributed by atoms with Crippen LogP contribution in [0.4, 0.5) is 0 Å².